The summed E-state index contributed by atoms with van der Waals surface area (Å²) in [5.41, 5.74) is 5.99. The Bertz CT molecular complexity index is 651. The maximum atomic E-state index is 12.3. The molecule has 0 aromatic heterocycles. The van der Waals surface area contributed by atoms with Gasteiger partial charge in [-0.25, -0.2) is 0 Å². The predicted molar refractivity (Wildman–Crippen MR) is 74.9 cm³/mol. The molecule has 0 fully saturated rings. The number of ketones is 1. The molecule has 0 unspecified atom stereocenters. The molecule has 19 heavy (non-hydrogen) atoms. The lowest BCUT2D eigenvalue weighted by Gasteiger charge is -2.06. The zero-order valence-corrected chi connectivity index (χ0v) is 11.2. The Labute approximate surface area is 119 Å². The molecular weight excluding hydrogens is 285 g/mol. The number of amides is 1. The third-order valence-electron chi connectivity index (χ3n) is 2.60. The van der Waals surface area contributed by atoms with Crippen LogP contribution in [0.1, 0.15) is 26.3 Å². The number of carbonyl (C=O) groups is 2. The van der Waals surface area contributed by atoms with Crippen molar-refractivity contribution in [1.82, 2.24) is 0 Å². The van der Waals surface area contributed by atoms with Crippen LogP contribution >= 0.6 is 23.2 Å². The van der Waals surface area contributed by atoms with Crippen LogP contribution < -0.4 is 5.73 Å². The summed E-state index contributed by atoms with van der Waals surface area (Å²) in [4.78, 5) is 23.7. The number of primary amides is 1. The number of hydrogen-bond acceptors (Lipinski definition) is 2. The number of carbonyl (C=O) groups excluding carboxylic acids is 2. The Morgan fingerprint density at radius 3 is 2.00 bits per heavy atom. The quantitative estimate of drug-likeness (QED) is 0.883. The molecule has 0 saturated heterocycles. The van der Waals surface area contributed by atoms with Crippen LogP contribution in [0, 0.1) is 0 Å². The van der Waals surface area contributed by atoms with Gasteiger partial charge in [-0.2, -0.15) is 0 Å². The molecule has 0 aliphatic carbocycles. The summed E-state index contributed by atoms with van der Waals surface area (Å²) in [5, 5.41) is 0.889. The first-order chi connectivity index (χ1) is 8.99. The minimum absolute atomic E-state index is 0.143. The van der Waals surface area contributed by atoms with Crippen molar-refractivity contribution in [3.8, 4) is 0 Å². The van der Waals surface area contributed by atoms with Gasteiger partial charge in [-0.15, -0.1) is 0 Å². The largest absolute Gasteiger partial charge is 0.366 e. The molecule has 0 bridgehead atoms. The van der Waals surface area contributed by atoms with E-state index in [0.29, 0.717) is 15.6 Å². The fourth-order valence-corrected chi connectivity index (χ4v) is 1.97. The summed E-state index contributed by atoms with van der Waals surface area (Å²) < 4.78 is 0. The molecule has 0 aliphatic heterocycles. The average molecular weight is 294 g/mol. The van der Waals surface area contributed by atoms with E-state index in [-0.39, 0.29) is 16.9 Å². The topological polar surface area (TPSA) is 60.2 Å². The SMILES string of the molecule is NC(=O)c1ccc(Cl)cc1C(=O)c1ccc(Cl)cc1. The van der Waals surface area contributed by atoms with Gasteiger partial charge >= 0.3 is 0 Å². The zero-order valence-electron chi connectivity index (χ0n) is 9.69. The fraction of sp³-hybridized carbons (Fsp3) is 0. The molecule has 2 rings (SSSR count). The van der Waals surface area contributed by atoms with E-state index in [1.165, 1.54) is 18.2 Å². The van der Waals surface area contributed by atoms with Crippen molar-refractivity contribution < 1.29 is 9.59 Å². The van der Waals surface area contributed by atoms with Crippen LogP contribution in [0.25, 0.3) is 0 Å². The highest BCUT2D eigenvalue weighted by molar-refractivity contribution is 6.32. The molecule has 0 atom stereocenters. The molecule has 3 nitrogen and oxygen atoms in total. The molecule has 0 saturated carbocycles. The van der Waals surface area contributed by atoms with E-state index < -0.39 is 5.91 Å². The first-order valence-corrected chi connectivity index (χ1v) is 6.14. The fourth-order valence-electron chi connectivity index (χ4n) is 1.68. The van der Waals surface area contributed by atoms with Crippen LogP contribution in [0.5, 0.6) is 0 Å². The van der Waals surface area contributed by atoms with Gasteiger partial charge in [-0.05, 0) is 42.5 Å². The summed E-state index contributed by atoms with van der Waals surface area (Å²) >= 11 is 11.6. The number of rotatable bonds is 3. The molecule has 1 amide bonds. The lowest BCUT2D eigenvalue weighted by atomic mass is 9.98. The number of nitrogens with two attached hydrogens (primary N) is 1. The molecule has 2 N–H and O–H groups in total. The monoisotopic (exact) mass is 293 g/mol. The normalized spacial score (nSPS) is 10.2. The van der Waals surface area contributed by atoms with Crippen molar-refractivity contribution in [3.05, 3.63) is 69.2 Å². The van der Waals surface area contributed by atoms with E-state index >= 15 is 0 Å². The second-order valence-corrected chi connectivity index (χ2v) is 4.76. The van der Waals surface area contributed by atoms with Crippen molar-refractivity contribution in [2.45, 2.75) is 0 Å². The van der Waals surface area contributed by atoms with E-state index in [2.05, 4.69) is 0 Å². The van der Waals surface area contributed by atoms with Gasteiger partial charge in [0.1, 0.15) is 0 Å². The average Bonchev–Trinajstić information content (AvgIpc) is 2.38. The van der Waals surface area contributed by atoms with E-state index in [0.717, 1.165) is 0 Å². The van der Waals surface area contributed by atoms with Crippen LogP contribution in [-0.4, -0.2) is 11.7 Å². The first-order valence-electron chi connectivity index (χ1n) is 5.38. The van der Waals surface area contributed by atoms with Crippen molar-refractivity contribution in [1.29, 1.82) is 0 Å². The number of halogens is 2. The van der Waals surface area contributed by atoms with Crippen molar-refractivity contribution in [2.24, 2.45) is 5.73 Å². The van der Waals surface area contributed by atoms with Gasteiger partial charge in [0.25, 0.3) is 0 Å². The molecular formula is C14H9Cl2NO2. The summed E-state index contributed by atoms with van der Waals surface area (Å²) in [7, 11) is 0. The van der Waals surface area contributed by atoms with Gasteiger partial charge in [0.15, 0.2) is 5.78 Å². The molecule has 2 aromatic carbocycles. The smallest absolute Gasteiger partial charge is 0.249 e. The Balaban J connectivity index is 2.51. The minimum atomic E-state index is -0.672. The Morgan fingerprint density at radius 2 is 1.42 bits per heavy atom. The maximum Gasteiger partial charge on any atom is 0.249 e. The standard InChI is InChI=1S/C14H9Cl2NO2/c15-9-3-1-8(2-4-9)13(18)12-7-10(16)5-6-11(12)14(17)19/h1-7H,(H2,17,19). The van der Waals surface area contributed by atoms with Crippen LogP contribution in [-0.2, 0) is 0 Å². The van der Waals surface area contributed by atoms with Gasteiger partial charge in [0.05, 0.1) is 5.56 Å². The van der Waals surface area contributed by atoms with Crippen molar-refractivity contribution in [2.75, 3.05) is 0 Å². The Hall–Kier alpha value is -1.84. The molecule has 0 aliphatic rings. The molecule has 5 heteroatoms. The van der Waals surface area contributed by atoms with Crippen LogP contribution in [0.3, 0.4) is 0 Å². The molecule has 0 radical (unpaired) electrons. The lowest BCUT2D eigenvalue weighted by molar-refractivity contribution is 0.0981. The Kier molecular flexibility index (Phi) is 3.88. The third-order valence-corrected chi connectivity index (χ3v) is 3.09. The van der Waals surface area contributed by atoms with Gasteiger partial charge < -0.3 is 5.73 Å². The second kappa shape index (κ2) is 5.43. The molecule has 0 spiro atoms. The second-order valence-electron chi connectivity index (χ2n) is 3.89. The maximum absolute atomic E-state index is 12.3. The van der Waals surface area contributed by atoms with E-state index in [1.54, 1.807) is 24.3 Å². The number of hydrogen-bond donors (Lipinski definition) is 1. The summed E-state index contributed by atoms with van der Waals surface area (Å²) in [5.74, 6) is -0.998. The highest BCUT2D eigenvalue weighted by Crippen LogP contribution is 2.20. The number of benzene rings is 2. The highest BCUT2D eigenvalue weighted by Gasteiger charge is 2.17. The van der Waals surface area contributed by atoms with Crippen LogP contribution in [0.4, 0.5) is 0 Å². The molecule has 0 heterocycles. The van der Waals surface area contributed by atoms with E-state index in [9.17, 15) is 9.59 Å². The van der Waals surface area contributed by atoms with Gasteiger partial charge in [-0.1, -0.05) is 23.2 Å². The van der Waals surface area contributed by atoms with E-state index in [1.807, 2.05) is 0 Å². The van der Waals surface area contributed by atoms with E-state index in [4.69, 9.17) is 28.9 Å². The summed E-state index contributed by atoms with van der Waals surface area (Å²) in [6.07, 6.45) is 0. The van der Waals surface area contributed by atoms with Gasteiger partial charge in [-0.3, -0.25) is 9.59 Å². The third kappa shape index (κ3) is 2.95. The van der Waals surface area contributed by atoms with Gasteiger partial charge in [0, 0.05) is 21.2 Å². The van der Waals surface area contributed by atoms with Crippen LogP contribution in [0.15, 0.2) is 42.5 Å². The lowest BCUT2D eigenvalue weighted by Crippen LogP contribution is -2.16. The first kappa shape index (κ1) is 13.6. The Morgan fingerprint density at radius 1 is 0.842 bits per heavy atom. The zero-order chi connectivity index (χ0) is 14.0. The molecule has 96 valence electrons. The van der Waals surface area contributed by atoms with Crippen LogP contribution in [0.2, 0.25) is 10.0 Å². The molecule has 2 aromatic rings. The van der Waals surface area contributed by atoms with Crippen molar-refractivity contribution in [3.63, 3.8) is 0 Å². The summed E-state index contributed by atoms with van der Waals surface area (Å²) in [6.45, 7) is 0. The predicted octanol–water partition coefficient (Wildman–Crippen LogP) is 3.32. The van der Waals surface area contributed by atoms with Gasteiger partial charge in [0.2, 0.25) is 5.91 Å². The van der Waals surface area contributed by atoms with Crippen molar-refractivity contribution >= 4 is 34.9 Å². The highest BCUT2D eigenvalue weighted by atomic mass is 35.5. The summed E-state index contributed by atoms with van der Waals surface area (Å²) in [6, 6.07) is 10.7. The minimum Gasteiger partial charge on any atom is -0.366 e.